The van der Waals surface area contributed by atoms with Crippen molar-refractivity contribution < 1.29 is 9.53 Å². The van der Waals surface area contributed by atoms with Crippen molar-refractivity contribution in [2.45, 2.75) is 0 Å². The zero-order valence-electron chi connectivity index (χ0n) is 8.74. The van der Waals surface area contributed by atoms with E-state index in [0.29, 0.717) is 9.88 Å². The summed E-state index contributed by atoms with van der Waals surface area (Å²) in [7, 11) is 1.32. The van der Waals surface area contributed by atoms with Crippen LogP contribution in [-0.4, -0.2) is 18.1 Å². The molecule has 0 N–H and O–H groups in total. The summed E-state index contributed by atoms with van der Waals surface area (Å²) in [6.07, 6.45) is 0. The third kappa shape index (κ3) is 2.51. The fourth-order valence-corrected chi connectivity index (χ4v) is 3.12. The lowest BCUT2D eigenvalue weighted by atomic mass is 10.2. The molecule has 0 bridgehead atoms. The molecule has 0 radical (unpaired) electrons. The molecule has 17 heavy (non-hydrogen) atoms. The molecule has 2 rings (SSSR count). The number of nitrogens with zero attached hydrogens (tertiary/aromatic N) is 1. The zero-order chi connectivity index (χ0) is 12.4. The molecule has 1 aromatic heterocycles. The Morgan fingerprint density at radius 2 is 2.18 bits per heavy atom. The molecular formula is C11H7BrClNO2S. The van der Waals surface area contributed by atoms with Gasteiger partial charge < -0.3 is 4.74 Å². The number of halogens is 2. The number of hydrogen-bond donors (Lipinski definition) is 0. The van der Waals surface area contributed by atoms with Gasteiger partial charge in [-0.1, -0.05) is 45.7 Å². The average molecular weight is 333 g/mol. The summed E-state index contributed by atoms with van der Waals surface area (Å²) < 4.78 is 5.54. The van der Waals surface area contributed by atoms with Crippen molar-refractivity contribution in [3.05, 3.63) is 38.8 Å². The molecule has 3 nitrogen and oxygen atoms in total. The van der Waals surface area contributed by atoms with Gasteiger partial charge in [0.15, 0.2) is 10.0 Å². The van der Waals surface area contributed by atoms with Crippen LogP contribution in [0.5, 0.6) is 0 Å². The van der Waals surface area contributed by atoms with Crippen LogP contribution >= 0.6 is 38.9 Å². The van der Waals surface area contributed by atoms with E-state index in [-0.39, 0.29) is 5.15 Å². The Kier molecular flexibility index (Phi) is 3.81. The molecule has 88 valence electrons. The van der Waals surface area contributed by atoms with Crippen LogP contribution in [0.3, 0.4) is 0 Å². The van der Waals surface area contributed by atoms with Crippen LogP contribution in [0.1, 0.15) is 9.67 Å². The summed E-state index contributed by atoms with van der Waals surface area (Å²) in [4.78, 5) is 15.9. The lowest BCUT2D eigenvalue weighted by Gasteiger charge is -1.98. The zero-order valence-corrected chi connectivity index (χ0v) is 11.9. The molecule has 0 saturated carbocycles. The van der Waals surface area contributed by atoms with Gasteiger partial charge in [-0.05, 0) is 6.07 Å². The summed E-state index contributed by atoms with van der Waals surface area (Å²) in [5.74, 6) is -0.467. The van der Waals surface area contributed by atoms with Gasteiger partial charge in [-0.2, -0.15) is 0 Å². The number of rotatable bonds is 2. The highest BCUT2D eigenvalue weighted by Gasteiger charge is 2.18. The van der Waals surface area contributed by atoms with Crippen LogP contribution in [-0.2, 0) is 4.74 Å². The Morgan fingerprint density at radius 1 is 1.47 bits per heavy atom. The Balaban J connectivity index is 2.49. The van der Waals surface area contributed by atoms with E-state index < -0.39 is 5.97 Å². The molecule has 0 atom stereocenters. The van der Waals surface area contributed by atoms with Gasteiger partial charge in [0.2, 0.25) is 0 Å². The van der Waals surface area contributed by atoms with E-state index in [2.05, 4.69) is 25.7 Å². The predicted octanol–water partition coefficient (Wildman–Crippen LogP) is 4.01. The molecule has 0 saturated heterocycles. The molecule has 1 heterocycles. The van der Waals surface area contributed by atoms with Crippen LogP contribution < -0.4 is 0 Å². The molecular weight excluding hydrogens is 326 g/mol. The normalized spacial score (nSPS) is 10.3. The third-order valence-corrected chi connectivity index (χ3v) is 4.21. The van der Waals surface area contributed by atoms with E-state index in [1.807, 2.05) is 24.3 Å². The van der Waals surface area contributed by atoms with Crippen LogP contribution in [0.2, 0.25) is 5.15 Å². The van der Waals surface area contributed by atoms with Crippen LogP contribution in [0, 0.1) is 0 Å². The quantitative estimate of drug-likeness (QED) is 0.780. The average Bonchev–Trinajstić information content (AvgIpc) is 2.71. The summed E-state index contributed by atoms with van der Waals surface area (Å²) in [6.45, 7) is 0. The number of methoxy groups -OCH3 is 1. The predicted molar refractivity (Wildman–Crippen MR) is 71.6 cm³/mol. The second-order valence-corrected chi connectivity index (χ2v) is 5.32. The summed E-state index contributed by atoms with van der Waals surface area (Å²) in [5.41, 5.74) is 0.898. The van der Waals surface area contributed by atoms with Crippen molar-refractivity contribution in [3.63, 3.8) is 0 Å². The van der Waals surface area contributed by atoms with E-state index in [1.165, 1.54) is 18.4 Å². The lowest BCUT2D eigenvalue weighted by molar-refractivity contribution is 0.0606. The van der Waals surface area contributed by atoms with Crippen LogP contribution in [0.4, 0.5) is 0 Å². The first-order valence-electron chi connectivity index (χ1n) is 4.63. The van der Waals surface area contributed by atoms with Crippen LogP contribution in [0.25, 0.3) is 10.6 Å². The first kappa shape index (κ1) is 12.5. The lowest BCUT2D eigenvalue weighted by Crippen LogP contribution is -1.98. The van der Waals surface area contributed by atoms with Gasteiger partial charge in [0, 0.05) is 10.0 Å². The number of benzene rings is 1. The maximum atomic E-state index is 11.4. The summed E-state index contributed by atoms with van der Waals surface area (Å²) in [6, 6.07) is 7.61. The van der Waals surface area contributed by atoms with Crippen molar-refractivity contribution in [2.75, 3.05) is 7.11 Å². The highest BCUT2D eigenvalue weighted by Crippen LogP contribution is 2.34. The highest BCUT2D eigenvalue weighted by atomic mass is 79.9. The Labute approximate surface area is 116 Å². The van der Waals surface area contributed by atoms with E-state index in [1.54, 1.807) is 0 Å². The molecule has 6 heteroatoms. The van der Waals surface area contributed by atoms with E-state index in [9.17, 15) is 4.79 Å². The van der Waals surface area contributed by atoms with Crippen molar-refractivity contribution >= 4 is 44.8 Å². The van der Waals surface area contributed by atoms with E-state index >= 15 is 0 Å². The monoisotopic (exact) mass is 331 g/mol. The number of thiazole rings is 1. The minimum Gasteiger partial charge on any atom is -0.465 e. The minimum absolute atomic E-state index is 0.174. The van der Waals surface area contributed by atoms with Gasteiger partial charge in [-0.3, -0.25) is 0 Å². The molecule has 0 aliphatic carbocycles. The molecule has 0 aliphatic rings. The molecule has 2 aromatic rings. The van der Waals surface area contributed by atoms with E-state index in [0.717, 1.165) is 10.0 Å². The fraction of sp³-hybridized carbons (Fsp3) is 0.0909. The molecule has 0 amide bonds. The van der Waals surface area contributed by atoms with Gasteiger partial charge >= 0.3 is 5.97 Å². The SMILES string of the molecule is COC(=O)c1sc(-c2ccccc2Br)nc1Cl. The van der Waals surface area contributed by atoms with Crippen molar-refractivity contribution in [2.24, 2.45) is 0 Å². The first-order chi connectivity index (χ1) is 8.13. The van der Waals surface area contributed by atoms with Gasteiger partial charge in [-0.25, -0.2) is 9.78 Å². The number of esters is 1. The number of hydrogen-bond acceptors (Lipinski definition) is 4. The molecule has 0 spiro atoms. The van der Waals surface area contributed by atoms with Crippen molar-refractivity contribution in [3.8, 4) is 10.6 Å². The first-order valence-corrected chi connectivity index (χ1v) is 6.61. The third-order valence-electron chi connectivity index (χ3n) is 2.06. The second kappa shape index (κ2) is 5.16. The second-order valence-electron chi connectivity index (χ2n) is 3.11. The number of carbonyl (C=O) groups excluding carboxylic acids is 1. The fourth-order valence-electron chi connectivity index (χ4n) is 1.27. The molecule has 1 aromatic carbocycles. The number of carbonyl (C=O) groups is 1. The van der Waals surface area contributed by atoms with E-state index in [4.69, 9.17) is 11.6 Å². The largest absolute Gasteiger partial charge is 0.465 e. The smallest absolute Gasteiger partial charge is 0.351 e. The van der Waals surface area contributed by atoms with Crippen molar-refractivity contribution in [1.82, 2.24) is 4.98 Å². The maximum Gasteiger partial charge on any atom is 0.351 e. The maximum absolute atomic E-state index is 11.4. The Hall–Kier alpha value is -0.910. The Morgan fingerprint density at radius 3 is 2.82 bits per heavy atom. The molecule has 0 fully saturated rings. The number of ether oxygens (including phenoxy) is 1. The molecule has 0 aliphatic heterocycles. The van der Waals surface area contributed by atoms with Gasteiger partial charge in [0.25, 0.3) is 0 Å². The van der Waals surface area contributed by atoms with Crippen LogP contribution in [0.15, 0.2) is 28.7 Å². The topological polar surface area (TPSA) is 39.2 Å². The summed E-state index contributed by atoms with van der Waals surface area (Å²) >= 11 is 10.5. The summed E-state index contributed by atoms with van der Waals surface area (Å²) in [5, 5.41) is 0.857. The van der Waals surface area contributed by atoms with Gasteiger partial charge in [0.1, 0.15) is 5.01 Å². The minimum atomic E-state index is -0.467. The standard InChI is InChI=1S/C11H7BrClNO2S/c1-16-11(15)8-9(13)14-10(17-8)6-4-2-3-5-7(6)12/h2-5H,1H3. The highest BCUT2D eigenvalue weighted by molar-refractivity contribution is 9.10. The van der Waals surface area contributed by atoms with Crippen molar-refractivity contribution in [1.29, 1.82) is 0 Å². The van der Waals surface area contributed by atoms with Gasteiger partial charge in [-0.15, -0.1) is 11.3 Å². The van der Waals surface area contributed by atoms with Gasteiger partial charge in [0.05, 0.1) is 7.11 Å². The molecule has 0 unspecified atom stereocenters. The number of aromatic nitrogens is 1. The Bertz CT molecular complexity index is 570.